The molecule has 0 amide bonds. The van der Waals surface area contributed by atoms with Crippen LogP contribution in [-0.4, -0.2) is 70.2 Å². The summed E-state index contributed by atoms with van der Waals surface area (Å²) in [6, 6.07) is 0.585. The molecule has 5 heterocycles. The van der Waals surface area contributed by atoms with Crippen LogP contribution in [0, 0.1) is 5.41 Å². The summed E-state index contributed by atoms with van der Waals surface area (Å²) in [7, 11) is 0. The minimum atomic E-state index is -0.565. The van der Waals surface area contributed by atoms with Crippen molar-refractivity contribution in [1.29, 1.82) is 0 Å². The molecule has 6 rings (SSSR count). The molecule has 196 valence electrons. The highest BCUT2D eigenvalue weighted by Gasteiger charge is 2.34. The first-order valence-electron chi connectivity index (χ1n) is 12.4. The summed E-state index contributed by atoms with van der Waals surface area (Å²) in [5.41, 5.74) is 2.92. The van der Waals surface area contributed by atoms with E-state index in [1.807, 2.05) is 4.90 Å². The quantitative estimate of drug-likeness (QED) is 0.352. The van der Waals surface area contributed by atoms with Crippen LogP contribution in [0.1, 0.15) is 43.8 Å². The molecule has 0 bridgehead atoms. The maximum Gasteiger partial charge on any atom is 0.318 e. The third-order valence-electron chi connectivity index (χ3n) is 6.45. The minimum absolute atomic E-state index is 0.0334. The van der Waals surface area contributed by atoms with E-state index in [-0.39, 0.29) is 24.7 Å². The Labute approximate surface area is 217 Å². The normalized spacial score (nSPS) is 15.8. The van der Waals surface area contributed by atoms with Crippen LogP contribution in [0.25, 0.3) is 11.5 Å². The molecule has 14 heteroatoms. The zero-order valence-corrected chi connectivity index (χ0v) is 21.3. The molecule has 1 aliphatic carbocycles. The number of carbonyl (C=O) groups excluding carboxylic acids is 1. The van der Waals surface area contributed by atoms with Crippen molar-refractivity contribution in [2.24, 2.45) is 5.41 Å². The van der Waals surface area contributed by atoms with Gasteiger partial charge in [0.25, 0.3) is 5.89 Å². The SMILES string of the molecule is CC(C)(C)C(=O)OCn1cc(C2CN(c3nnc(-c4cnc(NC5Cc6nccnc6C5)nc4)o3)C2)nn1. The fourth-order valence-corrected chi connectivity index (χ4v) is 4.26. The Balaban J connectivity index is 1.01. The Bertz CT molecular complexity index is 1410. The van der Waals surface area contributed by atoms with Crippen LogP contribution < -0.4 is 10.2 Å². The summed E-state index contributed by atoms with van der Waals surface area (Å²) in [5, 5.41) is 19.9. The molecule has 0 saturated carbocycles. The maximum absolute atomic E-state index is 11.9. The van der Waals surface area contributed by atoms with E-state index >= 15 is 0 Å². The standard InChI is InChI=1S/C24H27N11O3/c1-24(2,3)21(36)37-13-35-12-19(30-33-35)15-10-34(11-15)23-32-31-20(38-23)14-8-27-22(28-9-14)29-16-6-17-18(7-16)26-5-4-25-17/h4-5,8-9,12,15-16H,6-7,10-11,13H2,1-3H3,(H,27,28,29). The van der Waals surface area contributed by atoms with Crippen LogP contribution in [0.4, 0.5) is 12.0 Å². The van der Waals surface area contributed by atoms with Crippen molar-refractivity contribution in [3.05, 3.63) is 48.1 Å². The Kier molecular flexibility index (Phi) is 5.93. The molecule has 0 atom stereocenters. The molecule has 38 heavy (non-hydrogen) atoms. The van der Waals surface area contributed by atoms with Gasteiger partial charge in [0.2, 0.25) is 5.95 Å². The number of anilines is 2. The molecule has 4 aromatic heterocycles. The summed E-state index contributed by atoms with van der Waals surface area (Å²) in [6.07, 6.45) is 10.1. The number of hydrogen-bond donors (Lipinski definition) is 1. The van der Waals surface area contributed by atoms with Gasteiger partial charge in [0, 0.05) is 62.7 Å². The van der Waals surface area contributed by atoms with E-state index < -0.39 is 5.41 Å². The summed E-state index contributed by atoms with van der Waals surface area (Å²) in [5.74, 6) is 0.752. The number of rotatable bonds is 7. The van der Waals surface area contributed by atoms with Crippen molar-refractivity contribution in [2.75, 3.05) is 23.3 Å². The first-order chi connectivity index (χ1) is 18.3. The number of carbonyl (C=O) groups is 1. The fourth-order valence-electron chi connectivity index (χ4n) is 4.26. The Hall–Kier alpha value is -4.49. The smallest absolute Gasteiger partial charge is 0.318 e. The van der Waals surface area contributed by atoms with Gasteiger partial charge < -0.3 is 19.4 Å². The molecule has 0 aromatic carbocycles. The second-order valence-electron chi connectivity index (χ2n) is 10.5. The Morgan fingerprint density at radius 2 is 1.76 bits per heavy atom. The van der Waals surface area contributed by atoms with E-state index in [0.29, 0.717) is 36.5 Å². The van der Waals surface area contributed by atoms with E-state index in [1.54, 1.807) is 51.8 Å². The van der Waals surface area contributed by atoms with Gasteiger partial charge in [-0.1, -0.05) is 10.3 Å². The molecule has 0 unspecified atom stereocenters. The third kappa shape index (κ3) is 4.88. The lowest BCUT2D eigenvalue weighted by atomic mass is 9.97. The van der Waals surface area contributed by atoms with Crippen molar-refractivity contribution in [1.82, 2.24) is 45.1 Å². The monoisotopic (exact) mass is 517 g/mol. The van der Waals surface area contributed by atoms with Gasteiger partial charge in [-0.2, -0.15) is 0 Å². The third-order valence-corrected chi connectivity index (χ3v) is 6.45. The molecular weight excluding hydrogens is 490 g/mol. The van der Waals surface area contributed by atoms with E-state index in [0.717, 1.165) is 29.9 Å². The van der Waals surface area contributed by atoms with Crippen LogP contribution >= 0.6 is 0 Å². The molecule has 0 spiro atoms. The molecule has 1 N–H and O–H groups in total. The predicted molar refractivity (Wildman–Crippen MR) is 133 cm³/mol. The number of fused-ring (bicyclic) bond motifs is 1. The minimum Gasteiger partial charge on any atom is -0.442 e. The fraction of sp³-hybridized carbons (Fsp3) is 0.458. The summed E-state index contributed by atoms with van der Waals surface area (Å²) < 4.78 is 12.7. The largest absolute Gasteiger partial charge is 0.442 e. The number of esters is 1. The van der Waals surface area contributed by atoms with Gasteiger partial charge >= 0.3 is 12.0 Å². The lowest BCUT2D eigenvalue weighted by molar-refractivity contribution is -0.157. The average Bonchev–Trinajstić information content (AvgIpc) is 3.61. The summed E-state index contributed by atoms with van der Waals surface area (Å²) in [6.45, 7) is 6.77. The van der Waals surface area contributed by atoms with Gasteiger partial charge in [-0.3, -0.25) is 14.8 Å². The lowest BCUT2D eigenvalue weighted by Crippen LogP contribution is -2.45. The van der Waals surface area contributed by atoms with Crippen LogP contribution in [0.2, 0.25) is 0 Å². The lowest BCUT2D eigenvalue weighted by Gasteiger charge is -2.36. The maximum atomic E-state index is 11.9. The van der Waals surface area contributed by atoms with Gasteiger partial charge in [-0.15, -0.1) is 10.2 Å². The van der Waals surface area contributed by atoms with Crippen LogP contribution in [-0.2, 0) is 29.1 Å². The van der Waals surface area contributed by atoms with Crippen molar-refractivity contribution >= 4 is 17.9 Å². The predicted octanol–water partition coefficient (Wildman–Crippen LogP) is 1.64. The van der Waals surface area contributed by atoms with Crippen LogP contribution in [0.15, 0.2) is 35.4 Å². The van der Waals surface area contributed by atoms with Gasteiger partial charge in [-0.05, 0) is 20.8 Å². The average molecular weight is 518 g/mol. The molecule has 4 aromatic rings. The van der Waals surface area contributed by atoms with Gasteiger partial charge in [0.1, 0.15) is 0 Å². The number of hydrogen-bond acceptors (Lipinski definition) is 13. The molecule has 2 aliphatic rings. The first-order valence-corrected chi connectivity index (χ1v) is 12.4. The van der Waals surface area contributed by atoms with Crippen LogP contribution in [0.3, 0.4) is 0 Å². The molecular formula is C24H27N11O3. The van der Waals surface area contributed by atoms with E-state index in [1.165, 1.54) is 4.68 Å². The molecule has 0 radical (unpaired) electrons. The van der Waals surface area contributed by atoms with Crippen molar-refractivity contribution in [2.45, 2.75) is 52.3 Å². The topological polar surface area (TPSA) is 163 Å². The molecule has 1 saturated heterocycles. The Morgan fingerprint density at radius 3 is 2.45 bits per heavy atom. The second-order valence-corrected chi connectivity index (χ2v) is 10.5. The molecule has 1 aliphatic heterocycles. The number of ether oxygens (including phenoxy) is 1. The van der Waals surface area contributed by atoms with Crippen molar-refractivity contribution in [3.63, 3.8) is 0 Å². The van der Waals surface area contributed by atoms with E-state index in [2.05, 4.69) is 45.8 Å². The highest BCUT2D eigenvalue weighted by Crippen LogP contribution is 2.31. The zero-order valence-electron chi connectivity index (χ0n) is 21.3. The van der Waals surface area contributed by atoms with Gasteiger partial charge in [-0.25, -0.2) is 14.6 Å². The molecule has 1 fully saturated rings. The van der Waals surface area contributed by atoms with Crippen molar-refractivity contribution < 1.29 is 13.9 Å². The Morgan fingerprint density at radius 1 is 1.05 bits per heavy atom. The van der Waals surface area contributed by atoms with Gasteiger partial charge in [0.05, 0.1) is 34.3 Å². The second kappa shape index (κ2) is 9.43. The molecule has 14 nitrogen and oxygen atoms in total. The summed E-state index contributed by atoms with van der Waals surface area (Å²) in [4.78, 5) is 31.5. The number of nitrogens with zero attached hydrogens (tertiary/aromatic N) is 10. The first kappa shape index (κ1) is 23.9. The zero-order chi connectivity index (χ0) is 26.3. The van der Waals surface area contributed by atoms with E-state index in [4.69, 9.17) is 9.15 Å². The number of aromatic nitrogens is 9. The highest BCUT2D eigenvalue weighted by molar-refractivity contribution is 5.75. The van der Waals surface area contributed by atoms with Gasteiger partial charge in [0.15, 0.2) is 6.73 Å². The van der Waals surface area contributed by atoms with Crippen molar-refractivity contribution in [3.8, 4) is 11.5 Å². The van der Waals surface area contributed by atoms with E-state index in [9.17, 15) is 4.79 Å². The highest BCUT2D eigenvalue weighted by atomic mass is 16.5. The van der Waals surface area contributed by atoms with Crippen LogP contribution in [0.5, 0.6) is 0 Å². The number of nitrogens with one attached hydrogen (secondary N) is 1. The summed E-state index contributed by atoms with van der Waals surface area (Å²) >= 11 is 0.